The van der Waals surface area contributed by atoms with Crippen LogP contribution in [0.5, 0.6) is 0 Å². The van der Waals surface area contributed by atoms with Gasteiger partial charge in [0.25, 0.3) is 0 Å². The Balaban J connectivity index is 1.68. The minimum Gasteiger partial charge on any atom is -0.463 e. The molecule has 0 saturated heterocycles. The second kappa shape index (κ2) is 4.61. The van der Waals surface area contributed by atoms with Gasteiger partial charge in [-0.25, -0.2) is 9.36 Å². The van der Waals surface area contributed by atoms with Gasteiger partial charge in [0, 0.05) is 29.8 Å². The first-order valence-electron chi connectivity index (χ1n) is 5.90. The van der Waals surface area contributed by atoms with Crippen molar-refractivity contribution in [3.63, 3.8) is 0 Å². The van der Waals surface area contributed by atoms with E-state index in [0.29, 0.717) is 11.3 Å². The average molecular weight is 257 g/mol. The van der Waals surface area contributed by atoms with Gasteiger partial charge >= 0.3 is 5.97 Å². The number of H-pyrrole nitrogens is 1. The van der Waals surface area contributed by atoms with E-state index in [1.807, 2.05) is 36.1 Å². The van der Waals surface area contributed by atoms with Gasteiger partial charge in [-0.15, -0.1) is 0 Å². The minimum atomic E-state index is -0.389. The maximum absolute atomic E-state index is 11.9. The molecule has 0 radical (unpaired) electrons. The molecule has 0 amide bonds. The first kappa shape index (κ1) is 11.5. The predicted molar refractivity (Wildman–Crippen MR) is 67.3 cm³/mol. The Bertz CT molecular complexity index is 681. The Morgan fingerprint density at radius 2 is 2.16 bits per heavy atom. The molecule has 0 bridgehead atoms. The lowest BCUT2D eigenvalue weighted by atomic mass is 10.3. The number of carbonyl (C=O) groups is 1. The summed E-state index contributed by atoms with van der Waals surface area (Å²) in [6.45, 7) is 0.250. The Labute approximate surface area is 109 Å². The normalized spacial score (nSPS) is 10.8. The van der Waals surface area contributed by atoms with Gasteiger partial charge in [-0.2, -0.15) is 0 Å². The van der Waals surface area contributed by atoms with Crippen LogP contribution >= 0.6 is 0 Å². The molecule has 0 aromatic carbocycles. The molecule has 3 rings (SSSR count). The first-order valence-corrected chi connectivity index (χ1v) is 5.90. The van der Waals surface area contributed by atoms with Gasteiger partial charge in [0.15, 0.2) is 18.0 Å². The number of hydrogen-bond donors (Lipinski definition) is 1. The second-order valence-corrected chi connectivity index (χ2v) is 4.33. The van der Waals surface area contributed by atoms with E-state index in [9.17, 15) is 4.79 Å². The number of pyridine rings is 1. The number of ether oxygens (including phenoxy) is 1. The fraction of sp³-hybridized carbons (Fsp3) is 0.143. The Morgan fingerprint density at radius 1 is 1.37 bits per heavy atom. The molecule has 3 aromatic rings. The Hall–Kier alpha value is -2.56. The van der Waals surface area contributed by atoms with Crippen LogP contribution in [0.4, 0.5) is 0 Å². The van der Waals surface area contributed by atoms with E-state index in [2.05, 4.69) is 4.98 Å². The van der Waals surface area contributed by atoms with Crippen LogP contribution in [0.15, 0.2) is 47.3 Å². The third kappa shape index (κ3) is 2.35. The summed E-state index contributed by atoms with van der Waals surface area (Å²) in [5, 5.41) is 0. The SMILES string of the molecule is C[n+]1ccc(COC(=O)c2cc3occc3[nH]2)cc1. The van der Waals surface area contributed by atoms with Crippen LogP contribution in [-0.4, -0.2) is 11.0 Å². The van der Waals surface area contributed by atoms with Gasteiger partial charge in [0.05, 0.1) is 11.8 Å². The van der Waals surface area contributed by atoms with E-state index in [1.165, 1.54) is 0 Å². The molecular formula is C14H13N2O3+. The highest BCUT2D eigenvalue weighted by atomic mass is 16.5. The van der Waals surface area contributed by atoms with Crippen molar-refractivity contribution in [2.75, 3.05) is 0 Å². The number of aryl methyl sites for hydroxylation is 1. The van der Waals surface area contributed by atoms with Crippen LogP contribution in [0, 0.1) is 0 Å². The van der Waals surface area contributed by atoms with Crippen molar-refractivity contribution in [3.05, 3.63) is 54.2 Å². The molecule has 0 fully saturated rings. The van der Waals surface area contributed by atoms with E-state index in [0.717, 1.165) is 11.1 Å². The molecule has 5 nitrogen and oxygen atoms in total. The summed E-state index contributed by atoms with van der Waals surface area (Å²) in [4.78, 5) is 14.8. The third-order valence-electron chi connectivity index (χ3n) is 2.88. The van der Waals surface area contributed by atoms with Crippen LogP contribution in [0.25, 0.3) is 11.1 Å². The van der Waals surface area contributed by atoms with Gasteiger partial charge in [0.2, 0.25) is 0 Å². The van der Waals surface area contributed by atoms with Gasteiger partial charge in [-0.05, 0) is 0 Å². The van der Waals surface area contributed by atoms with E-state index >= 15 is 0 Å². The summed E-state index contributed by atoms with van der Waals surface area (Å²) < 4.78 is 12.3. The van der Waals surface area contributed by atoms with Gasteiger partial charge in [-0.3, -0.25) is 0 Å². The summed E-state index contributed by atoms with van der Waals surface area (Å²) in [5.74, 6) is -0.389. The Kier molecular flexibility index (Phi) is 2.79. The summed E-state index contributed by atoms with van der Waals surface area (Å²) in [7, 11) is 1.93. The molecule has 3 heterocycles. The number of hydrogen-bond acceptors (Lipinski definition) is 3. The lowest BCUT2D eigenvalue weighted by Crippen LogP contribution is -2.26. The summed E-state index contributed by atoms with van der Waals surface area (Å²) in [5.41, 5.74) is 2.79. The first-order chi connectivity index (χ1) is 9.22. The molecule has 0 atom stereocenters. The number of nitrogens with zero attached hydrogens (tertiary/aromatic N) is 1. The predicted octanol–water partition coefficient (Wildman–Crippen LogP) is 1.94. The molecule has 96 valence electrons. The molecule has 0 aliphatic carbocycles. The number of fused-ring (bicyclic) bond motifs is 1. The molecule has 0 aliphatic heterocycles. The van der Waals surface area contributed by atoms with Crippen LogP contribution in [0.1, 0.15) is 16.1 Å². The molecule has 1 N–H and O–H groups in total. The van der Waals surface area contributed by atoms with Crippen LogP contribution in [-0.2, 0) is 18.4 Å². The molecule has 5 heteroatoms. The number of aromatic amines is 1. The molecule has 19 heavy (non-hydrogen) atoms. The third-order valence-corrected chi connectivity index (χ3v) is 2.88. The molecule has 0 saturated carbocycles. The highest BCUT2D eigenvalue weighted by molar-refractivity contribution is 5.93. The van der Waals surface area contributed by atoms with Crippen molar-refractivity contribution < 1.29 is 18.5 Å². The number of esters is 1. The van der Waals surface area contributed by atoms with Crippen molar-refractivity contribution in [3.8, 4) is 0 Å². The van der Waals surface area contributed by atoms with Crippen molar-refractivity contribution in [2.24, 2.45) is 7.05 Å². The standard InChI is InChI=1S/C14H12N2O3/c1-16-5-2-10(3-6-16)9-19-14(17)12-8-13-11(15-12)4-7-18-13/h2-8H,9H2,1H3/p+1. The van der Waals surface area contributed by atoms with E-state index < -0.39 is 0 Å². The second-order valence-electron chi connectivity index (χ2n) is 4.33. The summed E-state index contributed by atoms with van der Waals surface area (Å²) >= 11 is 0. The zero-order valence-electron chi connectivity index (χ0n) is 10.4. The lowest BCUT2D eigenvalue weighted by molar-refractivity contribution is -0.671. The fourth-order valence-electron chi connectivity index (χ4n) is 1.81. The number of nitrogens with one attached hydrogen (secondary N) is 1. The lowest BCUT2D eigenvalue weighted by Gasteiger charge is -2.02. The monoisotopic (exact) mass is 257 g/mol. The maximum Gasteiger partial charge on any atom is 0.355 e. The molecule has 0 aliphatic rings. The largest absolute Gasteiger partial charge is 0.463 e. The molecule has 3 aromatic heterocycles. The topological polar surface area (TPSA) is 59.1 Å². The average Bonchev–Trinajstić information content (AvgIpc) is 2.98. The molecule has 0 spiro atoms. The zero-order valence-corrected chi connectivity index (χ0v) is 10.4. The minimum absolute atomic E-state index is 0.250. The molecule has 0 unspecified atom stereocenters. The quantitative estimate of drug-likeness (QED) is 0.576. The van der Waals surface area contributed by atoms with E-state index in [4.69, 9.17) is 9.15 Å². The highest BCUT2D eigenvalue weighted by Gasteiger charge is 2.12. The molecular weight excluding hydrogens is 244 g/mol. The van der Waals surface area contributed by atoms with Gasteiger partial charge < -0.3 is 14.1 Å². The smallest absolute Gasteiger partial charge is 0.355 e. The fourth-order valence-corrected chi connectivity index (χ4v) is 1.81. The van der Waals surface area contributed by atoms with Crippen LogP contribution < -0.4 is 4.57 Å². The maximum atomic E-state index is 11.9. The summed E-state index contributed by atoms with van der Waals surface area (Å²) in [6, 6.07) is 7.23. The zero-order chi connectivity index (χ0) is 13.2. The van der Waals surface area contributed by atoms with E-state index in [-0.39, 0.29) is 12.6 Å². The van der Waals surface area contributed by atoms with Gasteiger partial charge in [-0.1, -0.05) is 0 Å². The number of rotatable bonds is 3. The van der Waals surface area contributed by atoms with Crippen molar-refractivity contribution in [1.82, 2.24) is 4.98 Å². The number of furan rings is 1. The van der Waals surface area contributed by atoms with Crippen molar-refractivity contribution in [1.29, 1.82) is 0 Å². The Morgan fingerprint density at radius 3 is 2.89 bits per heavy atom. The van der Waals surface area contributed by atoms with Crippen molar-refractivity contribution >= 4 is 17.1 Å². The summed E-state index contributed by atoms with van der Waals surface area (Å²) in [6.07, 6.45) is 5.39. The van der Waals surface area contributed by atoms with E-state index in [1.54, 1.807) is 18.4 Å². The number of aromatic nitrogens is 2. The van der Waals surface area contributed by atoms with Crippen molar-refractivity contribution in [2.45, 2.75) is 6.61 Å². The number of carbonyl (C=O) groups excluding carboxylic acids is 1. The van der Waals surface area contributed by atoms with Gasteiger partial charge in [0.1, 0.15) is 19.3 Å². The van der Waals surface area contributed by atoms with Crippen LogP contribution in [0.2, 0.25) is 0 Å². The highest BCUT2D eigenvalue weighted by Crippen LogP contribution is 2.16. The van der Waals surface area contributed by atoms with Crippen LogP contribution in [0.3, 0.4) is 0 Å².